The van der Waals surface area contributed by atoms with Gasteiger partial charge in [0.15, 0.2) is 0 Å². The Hall–Kier alpha value is -1.78. The van der Waals surface area contributed by atoms with E-state index in [2.05, 4.69) is 0 Å². The molecule has 1 fully saturated rings. The van der Waals surface area contributed by atoms with E-state index < -0.39 is 0 Å². The molecule has 0 aliphatic carbocycles. The summed E-state index contributed by atoms with van der Waals surface area (Å²) in [6.07, 6.45) is 1.07. The molecule has 2 aromatic carbocycles. The SMILES string of the molecule is O=C(c1ccccc1Sc1ccccc1)N1CCC(O)CC1. The Kier molecular flexibility index (Phi) is 4.80. The first-order valence-corrected chi connectivity index (χ1v) is 8.35. The van der Waals surface area contributed by atoms with Gasteiger partial charge in [-0.1, -0.05) is 42.1 Å². The maximum atomic E-state index is 12.7. The van der Waals surface area contributed by atoms with Gasteiger partial charge in [0.1, 0.15) is 0 Å². The molecule has 3 nitrogen and oxygen atoms in total. The highest BCUT2D eigenvalue weighted by molar-refractivity contribution is 7.99. The van der Waals surface area contributed by atoms with Gasteiger partial charge in [-0.2, -0.15) is 0 Å². The summed E-state index contributed by atoms with van der Waals surface area (Å²) in [5.41, 5.74) is 0.743. The van der Waals surface area contributed by atoms with E-state index in [4.69, 9.17) is 0 Å². The van der Waals surface area contributed by atoms with Crippen LogP contribution in [0.5, 0.6) is 0 Å². The molecule has 2 aromatic rings. The van der Waals surface area contributed by atoms with E-state index in [1.165, 1.54) is 0 Å². The van der Waals surface area contributed by atoms with Gasteiger partial charge in [-0.05, 0) is 37.1 Å². The average Bonchev–Trinajstić information content (AvgIpc) is 2.56. The van der Waals surface area contributed by atoms with Crippen molar-refractivity contribution in [2.75, 3.05) is 13.1 Å². The summed E-state index contributed by atoms with van der Waals surface area (Å²) in [6.45, 7) is 1.26. The molecule has 4 heteroatoms. The van der Waals surface area contributed by atoms with Crippen LogP contribution in [-0.4, -0.2) is 35.1 Å². The molecule has 1 N–H and O–H groups in total. The average molecular weight is 313 g/mol. The van der Waals surface area contributed by atoms with Gasteiger partial charge in [0.2, 0.25) is 0 Å². The van der Waals surface area contributed by atoms with Gasteiger partial charge in [-0.15, -0.1) is 0 Å². The summed E-state index contributed by atoms with van der Waals surface area (Å²) in [6, 6.07) is 17.8. The summed E-state index contributed by atoms with van der Waals surface area (Å²) < 4.78 is 0. The second kappa shape index (κ2) is 6.99. The number of likely N-dealkylation sites (tertiary alicyclic amines) is 1. The Morgan fingerprint density at radius 2 is 1.64 bits per heavy atom. The van der Waals surface area contributed by atoms with Crippen molar-refractivity contribution in [2.45, 2.75) is 28.7 Å². The monoisotopic (exact) mass is 313 g/mol. The van der Waals surface area contributed by atoms with E-state index in [1.54, 1.807) is 11.8 Å². The van der Waals surface area contributed by atoms with E-state index in [1.807, 2.05) is 59.5 Å². The fraction of sp³-hybridized carbons (Fsp3) is 0.278. The molecular weight excluding hydrogens is 294 g/mol. The number of piperidine rings is 1. The minimum atomic E-state index is -0.266. The number of aliphatic hydroxyl groups is 1. The van der Waals surface area contributed by atoms with Crippen LogP contribution < -0.4 is 0 Å². The lowest BCUT2D eigenvalue weighted by molar-refractivity contribution is 0.0543. The maximum absolute atomic E-state index is 12.7. The van der Waals surface area contributed by atoms with Crippen LogP contribution in [0, 0.1) is 0 Å². The van der Waals surface area contributed by atoms with Gasteiger partial charge < -0.3 is 10.0 Å². The highest BCUT2D eigenvalue weighted by Gasteiger charge is 2.23. The number of aliphatic hydroxyl groups excluding tert-OH is 1. The summed E-state index contributed by atoms with van der Waals surface area (Å²) in [7, 11) is 0. The van der Waals surface area contributed by atoms with E-state index in [-0.39, 0.29) is 12.0 Å². The molecule has 0 radical (unpaired) electrons. The molecule has 22 heavy (non-hydrogen) atoms. The third-order valence-electron chi connectivity index (χ3n) is 3.84. The number of benzene rings is 2. The number of hydrogen-bond acceptors (Lipinski definition) is 3. The molecule has 1 aliphatic rings. The zero-order chi connectivity index (χ0) is 15.4. The Morgan fingerprint density at radius 1 is 1.00 bits per heavy atom. The first kappa shape index (κ1) is 15.1. The Morgan fingerprint density at radius 3 is 2.36 bits per heavy atom. The minimum absolute atomic E-state index is 0.0610. The van der Waals surface area contributed by atoms with Crippen LogP contribution in [0.25, 0.3) is 0 Å². The first-order valence-electron chi connectivity index (χ1n) is 7.53. The van der Waals surface area contributed by atoms with Gasteiger partial charge in [0.25, 0.3) is 5.91 Å². The molecule has 3 rings (SSSR count). The standard InChI is InChI=1S/C18H19NO2S/c20-14-10-12-19(13-11-14)18(21)16-8-4-5-9-17(16)22-15-6-2-1-3-7-15/h1-9,14,20H,10-13H2. The molecule has 1 saturated heterocycles. The van der Waals surface area contributed by atoms with Crippen LogP contribution in [0.2, 0.25) is 0 Å². The Labute approximate surface area is 135 Å². The second-order valence-electron chi connectivity index (χ2n) is 5.43. The van der Waals surface area contributed by atoms with Crippen molar-refractivity contribution >= 4 is 17.7 Å². The molecule has 0 bridgehead atoms. The molecule has 0 unspecified atom stereocenters. The zero-order valence-electron chi connectivity index (χ0n) is 12.3. The number of carbonyl (C=O) groups is 1. The molecule has 1 heterocycles. The number of amides is 1. The molecule has 0 aromatic heterocycles. The van der Waals surface area contributed by atoms with E-state index >= 15 is 0 Å². The lowest BCUT2D eigenvalue weighted by Gasteiger charge is -2.30. The second-order valence-corrected chi connectivity index (χ2v) is 6.55. The molecule has 0 saturated carbocycles. The van der Waals surface area contributed by atoms with Crippen LogP contribution in [0.1, 0.15) is 23.2 Å². The number of hydrogen-bond donors (Lipinski definition) is 1. The highest BCUT2D eigenvalue weighted by atomic mass is 32.2. The quantitative estimate of drug-likeness (QED) is 0.944. The Balaban J connectivity index is 1.80. The Bertz CT molecular complexity index is 637. The largest absolute Gasteiger partial charge is 0.393 e. The van der Waals surface area contributed by atoms with Crippen molar-refractivity contribution in [1.29, 1.82) is 0 Å². The maximum Gasteiger partial charge on any atom is 0.255 e. The van der Waals surface area contributed by atoms with Gasteiger partial charge in [0, 0.05) is 22.9 Å². The van der Waals surface area contributed by atoms with Crippen molar-refractivity contribution in [1.82, 2.24) is 4.90 Å². The summed E-state index contributed by atoms with van der Waals surface area (Å²) in [4.78, 5) is 16.7. The third-order valence-corrected chi connectivity index (χ3v) is 4.92. The van der Waals surface area contributed by atoms with Crippen molar-refractivity contribution in [3.05, 3.63) is 60.2 Å². The van der Waals surface area contributed by atoms with E-state index in [0.29, 0.717) is 25.9 Å². The molecule has 0 atom stereocenters. The predicted octanol–water partition coefficient (Wildman–Crippen LogP) is 3.43. The molecular formula is C18H19NO2S. The first-order chi connectivity index (χ1) is 10.7. The van der Waals surface area contributed by atoms with Crippen LogP contribution in [0.15, 0.2) is 64.4 Å². The number of rotatable bonds is 3. The van der Waals surface area contributed by atoms with E-state index in [0.717, 1.165) is 15.4 Å². The van der Waals surface area contributed by atoms with Crippen LogP contribution in [-0.2, 0) is 0 Å². The van der Waals surface area contributed by atoms with Gasteiger partial charge in [-0.25, -0.2) is 0 Å². The normalized spacial score (nSPS) is 15.8. The summed E-state index contributed by atoms with van der Waals surface area (Å²) >= 11 is 1.61. The fourth-order valence-electron chi connectivity index (χ4n) is 2.59. The molecule has 1 amide bonds. The lowest BCUT2D eigenvalue weighted by atomic mass is 10.1. The smallest absolute Gasteiger partial charge is 0.255 e. The number of nitrogens with zero attached hydrogens (tertiary/aromatic N) is 1. The van der Waals surface area contributed by atoms with Gasteiger partial charge >= 0.3 is 0 Å². The summed E-state index contributed by atoms with van der Waals surface area (Å²) in [5, 5.41) is 9.59. The number of carbonyl (C=O) groups excluding carboxylic acids is 1. The van der Waals surface area contributed by atoms with Crippen LogP contribution in [0.3, 0.4) is 0 Å². The summed E-state index contributed by atoms with van der Waals surface area (Å²) in [5.74, 6) is 0.0610. The predicted molar refractivity (Wildman–Crippen MR) is 88.2 cm³/mol. The lowest BCUT2D eigenvalue weighted by Crippen LogP contribution is -2.40. The van der Waals surface area contributed by atoms with Crippen molar-refractivity contribution in [3.63, 3.8) is 0 Å². The van der Waals surface area contributed by atoms with Gasteiger partial charge in [-0.3, -0.25) is 4.79 Å². The topological polar surface area (TPSA) is 40.5 Å². The van der Waals surface area contributed by atoms with Crippen LogP contribution >= 0.6 is 11.8 Å². The van der Waals surface area contributed by atoms with E-state index in [9.17, 15) is 9.90 Å². The van der Waals surface area contributed by atoms with Crippen LogP contribution in [0.4, 0.5) is 0 Å². The fourth-order valence-corrected chi connectivity index (χ4v) is 3.55. The highest BCUT2D eigenvalue weighted by Crippen LogP contribution is 2.31. The van der Waals surface area contributed by atoms with Crippen molar-refractivity contribution in [2.24, 2.45) is 0 Å². The van der Waals surface area contributed by atoms with Crippen molar-refractivity contribution in [3.8, 4) is 0 Å². The minimum Gasteiger partial charge on any atom is -0.393 e. The molecule has 114 valence electrons. The van der Waals surface area contributed by atoms with Crippen molar-refractivity contribution < 1.29 is 9.90 Å². The zero-order valence-corrected chi connectivity index (χ0v) is 13.1. The molecule has 1 aliphatic heterocycles. The third kappa shape index (κ3) is 3.51. The molecule has 0 spiro atoms. The van der Waals surface area contributed by atoms with Gasteiger partial charge in [0.05, 0.1) is 11.7 Å².